The minimum atomic E-state index is -3.00. The van der Waals surface area contributed by atoms with E-state index in [1.807, 2.05) is 25.7 Å². The van der Waals surface area contributed by atoms with Crippen LogP contribution in [0.4, 0.5) is 0 Å². The molecule has 1 aliphatic rings. The maximum Gasteiger partial charge on any atom is 0.225 e. The molecule has 1 heterocycles. The van der Waals surface area contributed by atoms with Gasteiger partial charge in [0.2, 0.25) is 5.91 Å². The Bertz CT molecular complexity index is 517. The van der Waals surface area contributed by atoms with Crippen LogP contribution in [0.2, 0.25) is 0 Å². The molecule has 1 unspecified atom stereocenters. The van der Waals surface area contributed by atoms with Crippen molar-refractivity contribution in [1.82, 2.24) is 15.5 Å². The number of rotatable bonds is 7. The quantitative estimate of drug-likeness (QED) is 0.509. The third-order valence-electron chi connectivity index (χ3n) is 3.79. The first kappa shape index (κ1) is 19.7. The number of sulfone groups is 1. The van der Waals surface area contributed by atoms with E-state index < -0.39 is 9.84 Å². The van der Waals surface area contributed by atoms with Gasteiger partial charge in [-0.05, 0) is 13.3 Å². The molecular weight excluding hydrogens is 316 g/mol. The van der Waals surface area contributed by atoms with Gasteiger partial charge in [-0.15, -0.1) is 0 Å². The van der Waals surface area contributed by atoms with Crippen LogP contribution in [0, 0.1) is 5.92 Å². The van der Waals surface area contributed by atoms with Crippen LogP contribution in [0.5, 0.6) is 0 Å². The van der Waals surface area contributed by atoms with Crippen molar-refractivity contribution in [2.45, 2.75) is 40.2 Å². The molecule has 0 aromatic rings. The van der Waals surface area contributed by atoms with Gasteiger partial charge in [0, 0.05) is 37.3 Å². The third-order valence-corrected chi connectivity index (χ3v) is 5.48. The molecule has 0 saturated carbocycles. The molecule has 1 rings (SSSR count). The van der Waals surface area contributed by atoms with Gasteiger partial charge in [0.25, 0.3) is 0 Å². The average molecular weight is 346 g/mol. The van der Waals surface area contributed by atoms with E-state index in [0.29, 0.717) is 19.0 Å². The van der Waals surface area contributed by atoms with E-state index in [4.69, 9.17) is 0 Å². The van der Waals surface area contributed by atoms with E-state index in [0.717, 1.165) is 13.0 Å². The van der Waals surface area contributed by atoms with Gasteiger partial charge in [0.05, 0.1) is 12.3 Å². The first-order chi connectivity index (χ1) is 10.8. The van der Waals surface area contributed by atoms with Crippen molar-refractivity contribution < 1.29 is 13.2 Å². The lowest BCUT2D eigenvalue weighted by Gasteiger charge is -2.20. The zero-order chi connectivity index (χ0) is 17.5. The summed E-state index contributed by atoms with van der Waals surface area (Å²) in [6, 6.07) is 0.151. The number of nitrogens with one attached hydrogen (secondary N) is 2. The molecule has 134 valence electrons. The monoisotopic (exact) mass is 346 g/mol. The highest BCUT2D eigenvalue weighted by atomic mass is 32.2. The van der Waals surface area contributed by atoms with Gasteiger partial charge in [-0.25, -0.2) is 8.42 Å². The predicted molar refractivity (Wildman–Crippen MR) is 93.3 cm³/mol. The molecular formula is C15H30N4O3S. The second-order valence-corrected chi connectivity index (χ2v) is 8.54. The number of hydrogen-bond acceptors (Lipinski definition) is 4. The minimum Gasteiger partial charge on any atom is -0.357 e. The predicted octanol–water partition coefficient (Wildman–Crippen LogP) is 0.233. The van der Waals surface area contributed by atoms with E-state index >= 15 is 0 Å². The summed E-state index contributed by atoms with van der Waals surface area (Å²) < 4.78 is 23.0. The number of hydrogen-bond donors (Lipinski definition) is 2. The second kappa shape index (κ2) is 9.10. The van der Waals surface area contributed by atoms with E-state index in [9.17, 15) is 13.2 Å². The van der Waals surface area contributed by atoms with Crippen LogP contribution < -0.4 is 10.6 Å². The van der Waals surface area contributed by atoms with Crippen LogP contribution in [-0.2, 0) is 14.6 Å². The summed E-state index contributed by atoms with van der Waals surface area (Å²) in [4.78, 5) is 18.2. The fourth-order valence-corrected chi connectivity index (χ4v) is 3.06. The molecule has 8 heteroatoms. The number of likely N-dealkylation sites (tertiary alicyclic amines) is 1. The van der Waals surface area contributed by atoms with Gasteiger partial charge in [-0.2, -0.15) is 0 Å². The third kappa shape index (κ3) is 6.76. The van der Waals surface area contributed by atoms with Gasteiger partial charge >= 0.3 is 0 Å². The maximum absolute atomic E-state index is 12.0. The van der Waals surface area contributed by atoms with Crippen LogP contribution in [0.25, 0.3) is 0 Å². The van der Waals surface area contributed by atoms with Gasteiger partial charge in [0.15, 0.2) is 15.8 Å². The molecule has 0 aromatic carbocycles. The minimum absolute atomic E-state index is 0.00917. The first-order valence-corrected chi connectivity index (χ1v) is 10.1. The highest BCUT2D eigenvalue weighted by molar-refractivity contribution is 7.91. The fraction of sp³-hybridized carbons (Fsp3) is 0.867. The van der Waals surface area contributed by atoms with E-state index in [2.05, 4.69) is 15.6 Å². The lowest BCUT2D eigenvalue weighted by molar-refractivity contribution is -0.133. The molecule has 0 spiro atoms. The van der Waals surface area contributed by atoms with Crippen molar-refractivity contribution in [3.05, 3.63) is 0 Å². The fourth-order valence-electron chi connectivity index (χ4n) is 2.40. The van der Waals surface area contributed by atoms with Crippen LogP contribution in [0.1, 0.15) is 34.1 Å². The Morgan fingerprint density at radius 2 is 2.04 bits per heavy atom. The number of carbonyl (C=O) groups is 1. The Balaban J connectivity index is 2.55. The zero-order valence-electron chi connectivity index (χ0n) is 14.6. The Hall–Kier alpha value is -1.31. The molecule has 23 heavy (non-hydrogen) atoms. The van der Waals surface area contributed by atoms with E-state index in [-0.39, 0.29) is 35.9 Å². The number of guanidine groups is 1. The molecule has 0 bridgehead atoms. The molecule has 0 aromatic heterocycles. The van der Waals surface area contributed by atoms with Gasteiger partial charge in [0.1, 0.15) is 0 Å². The number of carbonyl (C=O) groups excluding carboxylic acids is 1. The summed E-state index contributed by atoms with van der Waals surface area (Å²) in [5, 5.41) is 6.42. The summed E-state index contributed by atoms with van der Waals surface area (Å²) >= 11 is 0. The SMILES string of the molecule is CCNC(=NCCS(=O)(=O)CC)NC1CCN(C(=O)C(C)C)C1. The van der Waals surface area contributed by atoms with Gasteiger partial charge in [-0.1, -0.05) is 20.8 Å². The van der Waals surface area contributed by atoms with Crippen molar-refractivity contribution in [3.8, 4) is 0 Å². The lowest BCUT2D eigenvalue weighted by Crippen LogP contribution is -2.45. The van der Waals surface area contributed by atoms with Gasteiger partial charge < -0.3 is 15.5 Å². The maximum atomic E-state index is 12.0. The number of nitrogens with zero attached hydrogens (tertiary/aromatic N) is 2. The van der Waals surface area contributed by atoms with Crippen LogP contribution in [0.3, 0.4) is 0 Å². The lowest BCUT2D eigenvalue weighted by atomic mass is 10.2. The van der Waals surface area contributed by atoms with E-state index in [1.165, 1.54) is 0 Å². The molecule has 1 aliphatic heterocycles. The zero-order valence-corrected chi connectivity index (χ0v) is 15.4. The summed E-state index contributed by atoms with van der Waals surface area (Å²) in [5.41, 5.74) is 0. The smallest absolute Gasteiger partial charge is 0.225 e. The first-order valence-electron chi connectivity index (χ1n) is 8.33. The molecule has 1 atom stereocenters. The Kier molecular flexibility index (Phi) is 7.81. The van der Waals surface area contributed by atoms with Crippen molar-refractivity contribution in [3.63, 3.8) is 0 Å². The summed E-state index contributed by atoms with van der Waals surface area (Å²) in [6.45, 7) is 9.77. The van der Waals surface area contributed by atoms with Crippen LogP contribution in [0.15, 0.2) is 4.99 Å². The van der Waals surface area contributed by atoms with Crippen molar-refractivity contribution >= 4 is 21.7 Å². The van der Waals surface area contributed by atoms with Crippen molar-refractivity contribution in [2.75, 3.05) is 37.7 Å². The van der Waals surface area contributed by atoms with Crippen molar-refractivity contribution in [1.29, 1.82) is 0 Å². The van der Waals surface area contributed by atoms with Gasteiger partial charge in [-0.3, -0.25) is 9.79 Å². The largest absolute Gasteiger partial charge is 0.357 e. The topological polar surface area (TPSA) is 90.9 Å². The molecule has 1 amide bonds. The summed E-state index contributed by atoms with van der Waals surface area (Å²) in [5.74, 6) is 0.993. The standard InChI is InChI=1S/C15H30N4O3S/c1-5-16-15(17-8-10-23(21,22)6-2)18-13-7-9-19(11-13)14(20)12(3)4/h12-13H,5-11H2,1-4H3,(H2,16,17,18). The molecule has 0 aliphatic carbocycles. The molecule has 1 fully saturated rings. The molecule has 0 radical (unpaired) electrons. The highest BCUT2D eigenvalue weighted by Crippen LogP contribution is 2.12. The highest BCUT2D eigenvalue weighted by Gasteiger charge is 2.27. The van der Waals surface area contributed by atoms with Crippen molar-refractivity contribution in [2.24, 2.45) is 10.9 Å². The second-order valence-electron chi connectivity index (χ2n) is 6.07. The van der Waals surface area contributed by atoms with E-state index in [1.54, 1.807) is 6.92 Å². The van der Waals surface area contributed by atoms with Crippen LogP contribution in [-0.4, -0.2) is 68.9 Å². The summed E-state index contributed by atoms with van der Waals surface area (Å²) in [6.07, 6.45) is 0.871. The Morgan fingerprint density at radius 3 is 2.61 bits per heavy atom. The number of amides is 1. The van der Waals surface area contributed by atoms with Crippen LogP contribution >= 0.6 is 0 Å². The molecule has 7 nitrogen and oxygen atoms in total. The average Bonchev–Trinajstić information content (AvgIpc) is 2.94. The Morgan fingerprint density at radius 1 is 1.35 bits per heavy atom. The summed E-state index contributed by atoms with van der Waals surface area (Å²) in [7, 11) is -3.00. The number of aliphatic imine (C=N–C) groups is 1. The molecule has 1 saturated heterocycles. The normalized spacial score (nSPS) is 19.3. The Labute approximate surface area is 139 Å². The molecule has 2 N–H and O–H groups in total.